The molecule has 2 heteroatoms. The second-order valence-corrected chi connectivity index (χ2v) is 5.74. The van der Waals surface area contributed by atoms with Crippen LogP contribution < -0.4 is 5.32 Å². The molecule has 1 heterocycles. The molecule has 16 heavy (non-hydrogen) atoms. The van der Waals surface area contributed by atoms with Gasteiger partial charge in [-0.25, -0.2) is 0 Å². The van der Waals surface area contributed by atoms with E-state index in [-0.39, 0.29) is 0 Å². The van der Waals surface area contributed by atoms with Crippen molar-refractivity contribution >= 4 is 0 Å². The van der Waals surface area contributed by atoms with E-state index < -0.39 is 0 Å². The van der Waals surface area contributed by atoms with Gasteiger partial charge >= 0.3 is 0 Å². The topological polar surface area (TPSA) is 15.3 Å². The van der Waals surface area contributed by atoms with E-state index in [1.165, 1.54) is 58.2 Å². The van der Waals surface area contributed by atoms with Crippen molar-refractivity contribution in [1.29, 1.82) is 0 Å². The average Bonchev–Trinajstić information content (AvgIpc) is 2.31. The lowest BCUT2D eigenvalue weighted by molar-refractivity contribution is 0.0776. The van der Waals surface area contributed by atoms with E-state index in [0.29, 0.717) is 0 Å². The highest BCUT2D eigenvalue weighted by Crippen LogP contribution is 2.29. The highest BCUT2D eigenvalue weighted by molar-refractivity contribution is 4.85. The standard InChI is InChI=1S/C14H28N2/c1-3-16(13-7-9-15-10-8-13)14-6-4-5-12(2)11-14/h12-15H,3-11H2,1-2H3. The summed E-state index contributed by atoms with van der Waals surface area (Å²) >= 11 is 0. The summed E-state index contributed by atoms with van der Waals surface area (Å²) in [7, 11) is 0. The molecule has 0 radical (unpaired) electrons. The Balaban J connectivity index is 1.91. The lowest BCUT2D eigenvalue weighted by Crippen LogP contribution is -2.49. The van der Waals surface area contributed by atoms with Crippen molar-refractivity contribution in [1.82, 2.24) is 10.2 Å². The molecule has 1 N–H and O–H groups in total. The van der Waals surface area contributed by atoms with Crippen LogP contribution in [-0.2, 0) is 0 Å². The van der Waals surface area contributed by atoms with E-state index >= 15 is 0 Å². The largest absolute Gasteiger partial charge is 0.317 e. The first kappa shape index (κ1) is 12.4. The number of nitrogens with one attached hydrogen (secondary N) is 1. The molecule has 1 saturated carbocycles. The molecular formula is C14H28N2. The predicted molar refractivity (Wildman–Crippen MR) is 69.7 cm³/mol. The zero-order chi connectivity index (χ0) is 11.4. The Kier molecular flexibility index (Phi) is 4.66. The lowest BCUT2D eigenvalue weighted by atomic mass is 9.85. The molecule has 2 aliphatic rings. The highest BCUT2D eigenvalue weighted by atomic mass is 15.2. The average molecular weight is 224 g/mol. The normalized spacial score (nSPS) is 33.2. The van der Waals surface area contributed by atoms with E-state index in [4.69, 9.17) is 0 Å². The Morgan fingerprint density at radius 1 is 1.06 bits per heavy atom. The molecule has 1 aliphatic heterocycles. The van der Waals surface area contributed by atoms with Crippen molar-refractivity contribution in [2.45, 2.75) is 64.5 Å². The maximum absolute atomic E-state index is 3.48. The molecule has 94 valence electrons. The quantitative estimate of drug-likeness (QED) is 0.793. The minimum atomic E-state index is 0.863. The molecule has 0 spiro atoms. The lowest BCUT2D eigenvalue weighted by Gasteiger charge is -2.42. The van der Waals surface area contributed by atoms with Gasteiger partial charge in [0.25, 0.3) is 0 Å². The van der Waals surface area contributed by atoms with E-state index in [1.807, 2.05) is 0 Å². The van der Waals surface area contributed by atoms with Crippen LogP contribution in [0.3, 0.4) is 0 Å². The molecule has 2 fully saturated rings. The van der Waals surface area contributed by atoms with Crippen LogP contribution in [-0.4, -0.2) is 36.6 Å². The summed E-state index contributed by atoms with van der Waals surface area (Å²) in [5.74, 6) is 0.953. The van der Waals surface area contributed by atoms with Crippen molar-refractivity contribution in [3.63, 3.8) is 0 Å². The zero-order valence-electron chi connectivity index (χ0n) is 11.0. The molecule has 2 unspecified atom stereocenters. The van der Waals surface area contributed by atoms with E-state index in [2.05, 4.69) is 24.1 Å². The third-order valence-corrected chi connectivity index (χ3v) is 4.52. The number of hydrogen-bond acceptors (Lipinski definition) is 2. The number of nitrogens with zero attached hydrogens (tertiary/aromatic N) is 1. The van der Waals surface area contributed by atoms with Crippen molar-refractivity contribution in [3.05, 3.63) is 0 Å². The third-order valence-electron chi connectivity index (χ3n) is 4.52. The van der Waals surface area contributed by atoms with Crippen LogP contribution in [0.4, 0.5) is 0 Å². The Morgan fingerprint density at radius 3 is 2.44 bits per heavy atom. The second-order valence-electron chi connectivity index (χ2n) is 5.74. The zero-order valence-corrected chi connectivity index (χ0v) is 11.0. The third kappa shape index (κ3) is 2.98. The first-order valence-electron chi connectivity index (χ1n) is 7.27. The van der Waals surface area contributed by atoms with Crippen molar-refractivity contribution < 1.29 is 0 Å². The number of hydrogen-bond donors (Lipinski definition) is 1. The van der Waals surface area contributed by atoms with Crippen molar-refractivity contribution in [2.24, 2.45) is 5.92 Å². The summed E-state index contributed by atoms with van der Waals surface area (Å²) in [6.45, 7) is 8.48. The molecule has 0 bridgehead atoms. The monoisotopic (exact) mass is 224 g/mol. The molecule has 1 saturated heterocycles. The van der Waals surface area contributed by atoms with E-state index in [1.54, 1.807) is 0 Å². The van der Waals surface area contributed by atoms with E-state index in [0.717, 1.165) is 18.0 Å². The minimum Gasteiger partial charge on any atom is -0.317 e. The summed E-state index contributed by atoms with van der Waals surface area (Å²) < 4.78 is 0. The minimum absolute atomic E-state index is 0.863. The first-order valence-corrected chi connectivity index (χ1v) is 7.27. The molecular weight excluding hydrogens is 196 g/mol. The molecule has 0 aromatic carbocycles. The summed E-state index contributed by atoms with van der Waals surface area (Å²) in [5, 5.41) is 3.48. The van der Waals surface area contributed by atoms with Gasteiger partial charge in [0.2, 0.25) is 0 Å². The number of piperidine rings is 1. The predicted octanol–water partition coefficient (Wildman–Crippen LogP) is 2.64. The molecule has 0 aromatic rings. The molecule has 2 atom stereocenters. The summed E-state index contributed by atoms with van der Waals surface area (Å²) in [4.78, 5) is 2.82. The van der Waals surface area contributed by atoms with Gasteiger partial charge in [-0.3, -0.25) is 4.90 Å². The fraction of sp³-hybridized carbons (Fsp3) is 1.00. The number of rotatable bonds is 3. The fourth-order valence-electron chi connectivity index (χ4n) is 3.66. The second kappa shape index (κ2) is 6.02. The van der Waals surface area contributed by atoms with Gasteiger partial charge in [0, 0.05) is 12.1 Å². The maximum Gasteiger partial charge on any atom is 0.0122 e. The highest BCUT2D eigenvalue weighted by Gasteiger charge is 2.29. The smallest absolute Gasteiger partial charge is 0.0122 e. The van der Waals surface area contributed by atoms with Gasteiger partial charge in [-0.2, -0.15) is 0 Å². The van der Waals surface area contributed by atoms with Gasteiger partial charge < -0.3 is 5.32 Å². The maximum atomic E-state index is 3.48. The van der Waals surface area contributed by atoms with Gasteiger partial charge in [0.15, 0.2) is 0 Å². The Bertz CT molecular complexity index is 199. The van der Waals surface area contributed by atoms with Crippen LogP contribution in [0, 0.1) is 5.92 Å². The van der Waals surface area contributed by atoms with Gasteiger partial charge in [0.1, 0.15) is 0 Å². The first-order chi connectivity index (χ1) is 7.81. The van der Waals surface area contributed by atoms with Crippen LogP contribution in [0.5, 0.6) is 0 Å². The van der Waals surface area contributed by atoms with Crippen molar-refractivity contribution in [2.75, 3.05) is 19.6 Å². The van der Waals surface area contributed by atoms with E-state index in [9.17, 15) is 0 Å². The van der Waals surface area contributed by atoms with Crippen LogP contribution in [0.1, 0.15) is 52.4 Å². The van der Waals surface area contributed by atoms with Crippen LogP contribution in [0.2, 0.25) is 0 Å². The fourth-order valence-corrected chi connectivity index (χ4v) is 3.66. The van der Waals surface area contributed by atoms with Crippen LogP contribution in [0.15, 0.2) is 0 Å². The Hall–Kier alpha value is -0.0800. The summed E-state index contributed by atoms with van der Waals surface area (Å²) in [6, 6.07) is 1.75. The van der Waals surface area contributed by atoms with Crippen LogP contribution in [0.25, 0.3) is 0 Å². The molecule has 0 aromatic heterocycles. The van der Waals surface area contributed by atoms with Gasteiger partial charge in [-0.1, -0.05) is 26.7 Å². The Labute approximate surface area is 101 Å². The van der Waals surface area contributed by atoms with Crippen LogP contribution >= 0.6 is 0 Å². The van der Waals surface area contributed by atoms with Gasteiger partial charge in [-0.15, -0.1) is 0 Å². The summed E-state index contributed by atoms with van der Waals surface area (Å²) in [5.41, 5.74) is 0. The molecule has 2 rings (SSSR count). The Morgan fingerprint density at radius 2 is 1.81 bits per heavy atom. The summed E-state index contributed by atoms with van der Waals surface area (Å²) in [6.07, 6.45) is 8.52. The SMILES string of the molecule is CCN(C1CCNCC1)C1CCCC(C)C1. The van der Waals surface area contributed by atoms with Gasteiger partial charge in [-0.05, 0) is 51.2 Å². The molecule has 1 aliphatic carbocycles. The molecule has 2 nitrogen and oxygen atoms in total. The molecule has 0 amide bonds. The van der Waals surface area contributed by atoms with Crippen molar-refractivity contribution in [3.8, 4) is 0 Å². The van der Waals surface area contributed by atoms with Gasteiger partial charge in [0.05, 0.1) is 0 Å².